The molecule has 0 saturated carbocycles. The summed E-state index contributed by atoms with van der Waals surface area (Å²) in [4.78, 5) is 15.0. The molecule has 1 fully saturated rings. The number of methoxy groups -OCH3 is 1. The molecule has 3 aromatic heterocycles. The number of ether oxygens (including phenoxy) is 1. The van der Waals surface area contributed by atoms with Gasteiger partial charge in [0.15, 0.2) is 5.82 Å². The molecule has 1 aliphatic heterocycles. The van der Waals surface area contributed by atoms with Crippen molar-refractivity contribution in [2.75, 3.05) is 25.1 Å². The van der Waals surface area contributed by atoms with E-state index in [1.54, 1.807) is 13.4 Å². The van der Waals surface area contributed by atoms with E-state index in [4.69, 9.17) is 4.74 Å². The summed E-state index contributed by atoms with van der Waals surface area (Å²) >= 11 is 0. The molecule has 142 valence electrons. The van der Waals surface area contributed by atoms with Crippen molar-refractivity contribution in [3.05, 3.63) is 42.3 Å². The van der Waals surface area contributed by atoms with Gasteiger partial charge in [0.2, 0.25) is 5.88 Å². The zero-order valence-electron chi connectivity index (χ0n) is 15.9. The standard InChI is InChI=1S/C18H24N8O/c1-13-19-6-8-25(13)11-16-22-23-18(24(16)2)14-5-4-7-26(10-14)15-9-17(27-3)21-12-20-15/h6,8-9,12,14H,4-5,7,10-11H2,1-3H3. The van der Waals surface area contributed by atoms with Crippen LogP contribution < -0.4 is 9.64 Å². The Morgan fingerprint density at radius 3 is 2.89 bits per heavy atom. The van der Waals surface area contributed by atoms with Crippen LogP contribution in [0.3, 0.4) is 0 Å². The number of hydrogen-bond donors (Lipinski definition) is 0. The maximum Gasteiger partial charge on any atom is 0.218 e. The number of nitrogens with zero attached hydrogens (tertiary/aromatic N) is 8. The number of hydrogen-bond acceptors (Lipinski definition) is 7. The van der Waals surface area contributed by atoms with Crippen LogP contribution in [0.1, 0.15) is 36.2 Å². The van der Waals surface area contributed by atoms with Crippen LogP contribution in [-0.2, 0) is 13.6 Å². The van der Waals surface area contributed by atoms with Crippen molar-refractivity contribution in [2.24, 2.45) is 7.05 Å². The van der Waals surface area contributed by atoms with E-state index in [0.717, 1.165) is 49.2 Å². The fourth-order valence-electron chi connectivity index (χ4n) is 3.60. The second-order valence-corrected chi connectivity index (χ2v) is 6.84. The lowest BCUT2D eigenvalue weighted by atomic mass is 9.97. The molecule has 1 aliphatic rings. The van der Waals surface area contributed by atoms with Gasteiger partial charge in [-0.25, -0.2) is 15.0 Å². The number of anilines is 1. The van der Waals surface area contributed by atoms with Crippen molar-refractivity contribution < 1.29 is 4.74 Å². The maximum atomic E-state index is 5.23. The first-order valence-electron chi connectivity index (χ1n) is 9.12. The van der Waals surface area contributed by atoms with Crippen molar-refractivity contribution in [1.29, 1.82) is 0 Å². The van der Waals surface area contributed by atoms with E-state index in [0.29, 0.717) is 18.3 Å². The summed E-state index contributed by atoms with van der Waals surface area (Å²) in [7, 11) is 3.66. The minimum Gasteiger partial charge on any atom is -0.481 e. The van der Waals surface area contributed by atoms with E-state index in [9.17, 15) is 0 Å². The Morgan fingerprint density at radius 1 is 1.22 bits per heavy atom. The van der Waals surface area contributed by atoms with E-state index in [2.05, 4.69) is 39.2 Å². The zero-order chi connectivity index (χ0) is 18.8. The van der Waals surface area contributed by atoms with Gasteiger partial charge in [-0.15, -0.1) is 10.2 Å². The molecule has 0 radical (unpaired) electrons. The molecule has 0 aliphatic carbocycles. The summed E-state index contributed by atoms with van der Waals surface area (Å²) in [5, 5.41) is 8.94. The van der Waals surface area contributed by atoms with Gasteiger partial charge in [-0.05, 0) is 19.8 Å². The van der Waals surface area contributed by atoms with Gasteiger partial charge >= 0.3 is 0 Å². The SMILES string of the molecule is COc1cc(N2CCCC(c3nnc(Cn4ccnc4C)n3C)C2)ncn1. The van der Waals surface area contributed by atoms with Crippen molar-refractivity contribution in [2.45, 2.75) is 32.2 Å². The van der Waals surface area contributed by atoms with Crippen LogP contribution in [0.4, 0.5) is 5.82 Å². The second kappa shape index (κ2) is 7.34. The number of piperidine rings is 1. The van der Waals surface area contributed by atoms with Crippen molar-refractivity contribution in [3.63, 3.8) is 0 Å². The fourth-order valence-corrected chi connectivity index (χ4v) is 3.60. The summed E-state index contributed by atoms with van der Waals surface area (Å²) in [6.45, 7) is 4.49. The van der Waals surface area contributed by atoms with E-state index < -0.39 is 0 Å². The summed E-state index contributed by atoms with van der Waals surface area (Å²) < 4.78 is 9.42. The summed E-state index contributed by atoms with van der Waals surface area (Å²) in [5.74, 6) is 4.72. The minimum absolute atomic E-state index is 0.315. The zero-order valence-corrected chi connectivity index (χ0v) is 15.9. The normalized spacial score (nSPS) is 17.3. The van der Waals surface area contributed by atoms with E-state index in [1.165, 1.54) is 0 Å². The van der Waals surface area contributed by atoms with Crippen LogP contribution in [0, 0.1) is 6.92 Å². The molecule has 27 heavy (non-hydrogen) atoms. The first kappa shape index (κ1) is 17.4. The van der Waals surface area contributed by atoms with Gasteiger partial charge in [0.05, 0.1) is 13.7 Å². The van der Waals surface area contributed by atoms with E-state index in [-0.39, 0.29) is 0 Å². The van der Waals surface area contributed by atoms with Crippen LogP contribution in [0.2, 0.25) is 0 Å². The molecule has 9 heteroatoms. The fraction of sp³-hybridized carbons (Fsp3) is 0.500. The molecule has 0 bridgehead atoms. The third kappa shape index (κ3) is 3.49. The van der Waals surface area contributed by atoms with Gasteiger partial charge in [0, 0.05) is 44.5 Å². The van der Waals surface area contributed by atoms with Crippen LogP contribution in [0.25, 0.3) is 0 Å². The van der Waals surface area contributed by atoms with Gasteiger partial charge in [-0.3, -0.25) is 0 Å². The van der Waals surface area contributed by atoms with Gasteiger partial charge in [-0.1, -0.05) is 0 Å². The highest BCUT2D eigenvalue weighted by molar-refractivity contribution is 5.41. The molecule has 0 amide bonds. The highest BCUT2D eigenvalue weighted by Gasteiger charge is 2.27. The monoisotopic (exact) mass is 368 g/mol. The molecule has 1 saturated heterocycles. The van der Waals surface area contributed by atoms with Crippen LogP contribution in [0.5, 0.6) is 5.88 Å². The number of imidazole rings is 1. The Labute approximate surface area is 158 Å². The molecule has 4 rings (SSSR count). The Balaban J connectivity index is 1.52. The van der Waals surface area contributed by atoms with E-state index >= 15 is 0 Å². The van der Waals surface area contributed by atoms with Gasteiger partial charge in [0.25, 0.3) is 0 Å². The van der Waals surface area contributed by atoms with Crippen molar-refractivity contribution in [1.82, 2.24) is 34.3 Å². The van der Waals surface area contributed by atoms with Crippen molar-refractivity contribution in [3.8, 4) is 5.88 Å². The third-order valence-corrected chi connectivity index (χ3v) is 5.18. The summed E-state index contributed by atoms with van der Waals surface area (Å²) in [5.41, 5.74) is 0. The Morgan fingerprint density at radius 2 is 2.11 bits per heavy atom. The van der Waals surface area contributed by atoms with Gasteiger partial charge < -0.3 is 18.8 Å². The quantitative estimate of drug-likeness (QED) is 0.675. The maximum absolute atomic E-state index is 5.23. The highest BCUT2D eigenvalue weighted by atomic mass is 16.5. The first-order valence-corrected chi connectivity index (χ1v) is 9.12. The number of rotatable bonds is 5. The van der Waals surface area contributed by atoms with Crippen LogP contribution in [-0.4, -0.2) is 54.5 Å². The van der Waals surface area contributed by atoms with Gasteiger partial charge in [0.1, 0.15) is 23.8 Å². The highest BCUT2D eigenvalue weighted by Crippen LogP contribution is 2.29. The summed E-state index contributed by atoms with van der Waals surface area (Å²) in [6, 6.07) is 1.88. The average Bonchev–Trinajstić information content (AvgIpc) is 3.28. The largest absolute Gasteiger partial charge is 0.481 e. The smallest absolute Gasteiger partial charge is 0.218 e. The Kier molecular flexibility index (Phi) is 4.74. The van der Waals surface area contributed by atoms with Crippen molar-refractivity contribution >= 4 is 5.82 Å². The molecule has 4 heterocycles. The average molecular weight is 368 g/mol. The molecule has 0 N–H and O–H groups in total. The van der Waals surface area contributed by atoms with Gasteiger partial charge in [-0.2, -0.15) is 0 Å². The van der Waals surface area contributed by atoms with Crippen LogP contribution >= 0.6 is 0 Å². The number of aryl methyl sites for hydroxylation is 1. The summed E-state index contributed by atoms with van der Waals surface area (Å²) in [6.07, 6.45) is 7.50. The molecule has 0 aromatic carbocycles. The predicted molar refractivity (Wildman–Crippen MR) is 99.8 cm³/mol. The molecular formula is C18H24N8O. The lowest BCUT2D eigenvalue weighted by Crippen LogP contribution is -2.36. The molecule has 9 nitrogen and oxygen atoms in total. The predicted octanol–water partition coefficient (Wildman–Crippen LogP) is 1.55. The lowest BCUT2D eigenvalue weighted by Gasteiger charge is -2.33. The lowest BCUT2D eigenvalue weighted by molar-refractivity contribution is 0.396. The molecule has 1 unspecified atom stereocenters. The molecule has 1 atom stereocenters. The second-order valence-electron chi connectivity index (χ2n) is 6.84. The third-order valence-electron chi connectivity index (χ3n) is 5.18. The van der Waals surface area contributed by atoms with Crippen LogP contribution in [0.15, 0.2) is 24.8 Å². The minimum atomic E-state index is 0.315. The first-order chi connectivity index (χ1) is 13.2. The topological polar surface area (TPSA) is 86.8 Å². The Hall–Kier alpha value is -2.97. The van der Waals surface area contributed by atoms with E-state index in [1.807, 2.05) is 32.4 Å². The Bertz CT molecular complexity index is 918. The molecule has 3 aromatic rings. The molecular weight excluding hydrogens is 344 g/mol. The molecule has 0 spiro atoms. The number of aromatic nitrogens is 7.